The second-order valence-corrected chi connectivity index (χ2v) is 4.50. The quantitative estimate of drug-likeness (QED) is 0.619. The third-order valence-corrected chi connectivity index (χ3v) is 2.68. The summed E-state index contributed by atoms with van der Waals surface area (Å²) in [5.41, 5.74) is 11.7. The minimum absolute atomic E-state index is 0.00794. The maximum atomic E-state index is 11.3. The van der Waals surface area contributed by atoms with Gasteiger partial charge in [-0.3, -0.25) is 4.79 Å². The van der Waals surface area contributed by atoms with Crippen molar-refractivity contribution in [3.05, 3.63) is 46.6 Å². The van der Waals surface area contributed by atoms with Crippen molar-refractivity contribution in [3.63, 3.8) is 0 Å². The SMILES string of the molecule is COc1cc(C)cc(OC/C(=C\C(Cl)=C/N)C(N)=O)c1. The molecule has 0 aliphatic rings. The van der Waals surface area contributed by atoms with Crippen LogP contribution in [0.5, 0.6) is 11.5 Å². The molecule has 20 heavy (non-hydrogen) atoms. The molecule has 0 spiro atoms. The molecular formula is C14H17ClN2O3. The van der Waals surface area contributed by atoms with Gasteiger partial charge in [0.15, 0.2) is 0 Å². The lowest BCUT2D eigenvalue weighted by Gasteiger charge is -2.10. The van der Waals surface area contributed by atoms with Gasteiger partial charge >= 0.3 is 0 Å². The normalized spacial score (nSPS) is 12.2. The molecule has 0 bridgehead atoms. The Bertz CT molecular complexity index is 553. The third kappa shape index (κ3) is 4.85. The van der Waals surface area contributed by atoms with Gasteiger partial charge in [-0.05, 0) is 30.7 Å². The summed E-state index contributed by atoms with van der Waals surface area (Å²) in [5, 5.41) is 0.212. The maximum absolute atomic E-state index is 11.3. The number of carbonyl (C=O) groups is 1. The largest absolute Gasteiger partial charge is 0.497 e. The minimum Gasteiger partial charge on any atom is -0.497 e. The Morgan fingerprint density at radius 1 is 1.35 bits per heavy atom. The molecule has 0 aromatic heterocycles. The molecule has 5 nitrogen and oxygen atoms in total. The average Bonchev–Trinajstić information content (AvgIpc) is 2.41. The number of nitrogens with two attached hydrogens (primary N) is 2. The number of benzene rings is 1. The highest BCUT2D eigenvalue weighted by atomic mass is 35.5. The van der Waals surface area contributed by atoms with Crippen LogP contribution in [0, 0.1) is 6.92 Å². The summed E-state index contributed by atoms with van der Waals surface area (Å²) in [5.74, 6) is 0.621. The number of allylic oxidation sites excluding steroid dienone is 2. The zero-order valence-corrected chi connectivity index (χ0v) is 12.1. The number of aryl methyl sites for hydroxylation is 1. The molecule has 0 aliphatic carbocycles. The summed E-state index contributed by atoms with van der Waals surface area (Å²) in [6.07, 6.45) is 2.54. The molecule has 0 fully saturated rings. The van der Waals surface area contributed by atoms with Crippen LogP contribution < -0.4 is 20.9 Å². The van der Waals surface area contributed by atoms with E-state index in [9.17, 15) is 4.79 Å². The van der Waals surface area contributed by atoms with E-state index < -0.39 is 5.91 Å². The topological polar surface area (TPSA) is 87.6 Å². The molecule has 0 heterocycles. The summed E-state index contributed by atoms with van der Waals surface area (Å²) in [6, 6.07) is 5.40. The lowest BCUT2D eigenvalue weighted by atomic mass is 10.2. The molecule has 0 unspecified atom stereocenters. The lowest BCUT2D eigenvalue weighted by molar-refractivity contribution is -0.114. The van der Waals surface area contributed by atoms with E-state index in [4.69, 9.17) is 32.5 Å². The van der Waals surface area contributed by atoms with E-state index in [0.29, 0.717) is 11.5 Å². The Hall–Kier alpha value is -2.14. The molecule has 0 atom stereocenters. The first-order valence-electron chi connectivity index (χ1n) is 5.82. The number of carbonyl (C=O) groups excluding carboxylic acids is 1. The zero-order valence-electron chi connectivity index (χ0n) is 11.4. The third-order valence-electron chi connectivity index (χ3n) is 2.44. The highest BCUT2D eigenvalue weighted by Crippen LogP contribution is 2.22. The van der Waals surface area contributed by atoms with Crippen LogP contribution in [0.15, 0.2) is 41.1 Å². The first kappa shape index (κ1) is 15.9. The number of hydrogen-bond acceptors (Lipinski definition) is 4. The highest BCUT2D eigenvalue weighted by molar-refractivity contribution is 6.31. The van der Waals surface area contributed by atoms with Crippen molar-refractivity contribution in [3.8, 4) is 11.5 Å². The van der Waals surface area contributed by atoms with Crippen LogP contribution in [0.3, 0.4) is 0 Å². The summed E-state index contributed by atoms with van der Waals surface area (Å²) in [4.78, 5) is 11.3. The smallest absolute Gasteiger partial charge is 0.248 e. The van der Waals surface area contributed by atoms with Crippen molar-refractivity contribution in [2.24, 2.45) is 11.5 Å². The maximum Gasteiger partial charge on any atom is 0.248 e. The Balaban J connectivity index is 2.85. The highest BCUT2D eigenvalue weighted by Gasteiger charge is 2.08. The number of methoxy groups -OCH3 is 1. The van der Waals surface area contributed by atoms with Crippen molar-refractivity contribution >= 4 is 17.5 Å². The van der Waals surface area contributed by atoms with Gasteiger partial charge in [-0.2, -0.15) is 0 Å². The Labute approximate surface area is 122 Å². The molecule has 0 aliphatic heterocycles. The average molecular weight is 297 g/mol. The standard InChI is InChI=1S/C14H17ClN2O3/c1-9-3-12(19-2)6-13(4-9)20-8-10(14(17)18)5-11(15)7-16/h3-7H,8,16H2,1-2H3,(H2,17,18)/b10-5+,11-7+. The van der Waals surface area contributed by atoms with Crippen molar-refractivity contribution in [2.75, 3.05) is 13.7 Å². The number of rotatable bonds is 6. The number of hydrogen-bond donors (Lipinski definition) is 2. The fourth-order valence-electron chi connectivity index (χ4n) is 1.47. The zero-order chi connectivity index (χ0) is 15.1. The molecule has 1 amide bonds. The van der Waals surface area contributed by atoms with Gasteiger partial charge in [0.05, 0.1) is 17.7 Å². The van der Waals surface area contributed by atoms with E-state index in [-0.39, 0.29) is 17.2 Å². The minimum atomic E-state index is -0.621. The first-order valence-corrected chi connectivity index (χ1v) is 6.20. The fourth-order valence-corrected chi connectivity index (χ4v) is 1.61. The summed E-state index contributed by atoms with van der Waals surface area (Å²) < 4.78 is 10.7. The molecule has 0 saturated heterocycles. The van der Waals surface area contributed by atoms with E-state index in [0.717, 1.165) is 5.56 Å². The summed E-state index contributed by atoms with van der Waals surface area (Å²) in [6.45, 7) is 1.90. The van der Waals surface area contributed by atoms with E-state index in [1.807, 2.05) is 19.1 Å². The van der Waals surface area contributed by atoms with E-state index >= 15 is 0 Å². The fraction of sp³-hybridized carbons (Fsp3) is 0.214. The second kappa shape index (κ2) is 7.45. The van der Waals surface area contributed by atoms with Gasteiger partial charge in [-0.1, -0.05) is 11.6 Å². The van der Waals surface area contributed by atoms with Gasteiger partial charge in [0.25, 0.3) is 0 Å². The van der Waals surface area contributed by atoms with Crippen LogP contribution in [-0.4, -0.2) is 19.6 Å². The van der Waals surface area contributed by atoms with Crippen LogP contribution >= 0.6 is 11.6 Å². The number of ether oxygens (including phenoxy) is 2. The molecule has 4 N–H and O–H groups in total. The summed E-state index contributed by atoms with van der Waals surface area (Å²) >= 11 is 5.74. The van der Waals surface area contributed by atoms with E-state index in [1.165, 1.54) is 12.3 Å². The molecule has 1 aromatic carbocycles. The molecule has 1 aromatic rings. The van der Waals surface area contributed by atoms with Crippen LogP contribution in [0.1, 0.15) is 5.56 Å². The van der Waals surface area contributed by atoms with Crippen molar-refractivity contribution in [2.45, 2.75) is 6.92 Å². The molecule has 0 radical (unpaired) electrons. The summed E-state index contributed by atoms with van der Waals surface area (Å²) in [7, 11) is 1.57. The molecule has 0 saturated carbocycles. The van der Waals surface area contributed by atoms with Gasteiger partial charge in [0.1, 0.15) is 18.1 Å². The number of halogens is 1. The van der Waals surface area contributed by atoms with Crippen molar-refractivity contribution < 1.29 is 14.3 Å². The van der Waals surface area contributed by atoms with Gasteiger partial charge in [-0.25, -0.2) is 0 Å². The van der Waals surface area contributed by atoms with Crippen LogP contribution in [0.4, 0.5) is 0 Å². The van der Waals surface area contributed by atoms with Crippen LogP contribution in [0.25, 0.3) is 0 Å². The molecule has 108 valence electrons. The second-order valence-electron chi connectivity index (χ2n) is 4.06. The predicted molar refractivity (Wildman–Crippen MR) is 78.6 cm³/mol. The van der Waals surface area contributed by atoms with Gasteiger partial charge in [0.2, 0.25) is 5.91 Å². The Morgan fingerprint density at radius 2 is 2.00 bits per heavy atom. The van der Waals surface area contributed by atoms with E-state index in [1.54, 1.807) is 13.2 Å². The number of primary amides is 1. The Kier molecular flexibility index (Phi) is 5.93. The monoisotopic (exact) mass is 296 g/mol. The van der Waals surface area contributed by atoms with Gasteiger partial charge < -0.3 is 20.9 Å². The van der Waals surface area contributed by atoms with E-state index in [2.05, 4.69) is 0 Å². The predicted octanol–water partition coefficient (Wildman–Crippen LogP) is 1.83. The molecule has 1 rings (SSSR count). The van der Waals surface area contributed by atoms with Crippen molar-refractivity contribution in [1.82, 2.24) is 0 Å². The van der Waals surface area contributed by atoms with Crippen molar-refractivity contribution in [1.29, 1.82) is 0 Å². The van der Waals surface area contributed by atoms with Gasteiger partial charge in [-0.15, -0.1) is 0 Å². The molecule has 6 heteroatoms. The van der Waals surface area contributed by atoms with Crippen LogP contribution in [0.2, 0.25) is 0 Å². The van der Waals surface area contributed by atoms with Gasteiger partial charge in [0, 0.05) is 12.3 Å². The van der Waals surface area contributed by atoms with Crippen LogP contribution in [-0.2, 0) is 4.79 Å². The number of amides is 1. The Morgan fingerprint density at radius 3 is 2.55 bits per heavy atom. The molecular weight excluding hydrogens is 280 g/mol. The first-order chi connectivity index (χ1) is 9.46. The lowest BCUT2D eigenvalue weighted by Crippen LogP contribution is -2.19.